The lowest BCUT2D eigenvalue weighted by molar-refractivity contribution is -0.136. The van der Waals surface area contributed by atoms with E-state index in [1.165, 1.54) is 11.1 Å². The molecule has 140 valence electrons. The summed E-state index contributed by atoms with van der Waals surface area (Å²) in [7, 11) is 0. The fraction of sp³-hybridized carbons (Fsp3) is 0.571. The minimum Gasteiger partial charge on any atom is -0.464 e. The number of hydrogen-bond acceptors (Lipinski definition) is 4. The number of aryl methyl sites for hydroxylation is 1. The van der Waals surface area contributed by atoms with E-state index in [1.54, 1.807) is 6.26 Å². The van der Waals surface area contributed by atoms with Crippen LogP contribution in [-0.4, -0.2) is 61.1 Å². The van der Waals surface area contributed by atoms with Crippen molar-refractivity contribution in [2.24, 2.45) is 0 Å². The van der Waals surface area contributed by atoms with Crippen LogP contribution in [0.5, 0.6) is 0 Å². The first-order valence-corrected chi connectivity index (χ1v) is 9.63. The molecule has 1 aromatic carbocycles. The number of morpholine rings is 1. The molecule has 1 amide bonds. The molecule has 4 rings (SSSR count). The van der Waals surface area contributed by atoms with Gasteiger partial charge < -0.3 is 14.1 Å². The van der Waals surface area contributed by atoms with E-state index in [9.17, 15) is 4.79 Å². The second-order valence-electron chi connectivity index (χ2n) is 7.90. The van der Waals surface area contributed by atoms with Gasteiger partial charge in [-0.3, -0.25) is 9.69 Å². The first-order chi connectivity index (χ1) is 12.5. The highest BCUT2D eigenvalue weighted by atomic mass is 16.5. The summed E-state index contributed by atoms with van der Waals surface area (Å²) in [5.41, 5.74) is 4.43. The Hall–Kier alpha value is -1.85. The molecule has 2 aromatic rings. The summed E-state index contributed by atoms with van der Waals surface area (Å²) in [6.45, 7) is 11.6. The van der Waals surface area contributed by atoms with Crippen molar-refractivity contribution in [3.63, 3.8) is 0 Å². The topological polar surface area (TPSA) is 45.9 Å². The van der Waals surface area contributed by atoms with Crippen LogP contribution in [0.1, 0.15) is 36.5 Å². The Labute approximate surface area is 154 Å². The Morgan fingerprint density at radius 1 is 1.27 bits per heavy atom. The van der Waals surface area contributed by atoms with Crippen LogP contribution in [0.4, 0.5) is 0 Å². The number of rotatable bonds is 3. The number of hydrogen-bond donors (Lipinski definition) is 0. The highest BCUT2D eigenvalue weighted by molar-refractivity contribution is 5.88. The minimum atomic E-state index is 0.185. The maximum atomic E-state index is 12.9. The van der Waals surface area contributed by atoms with Crippen molar-refractivity contribution in [1.82, 2.24) is 9.80 Å². The Morgan fingerprint density at radius 3 is 2.92 bits per heavy atom. The molecule has 2 aliphatic heterocycles. The van der Waals surface area contributed by atoms with Crippen LogP contribution in [0.3, 0.4) is 0 Å². The monoisotopic (exact) mass is 356 g/mol. The summed E-state index contributed by atoms with van der Waals surface area (Å²) in [4.78, 5) is 17.3. The average molecular weight is 356 g/mol. The van der Waals surface area contributed by atoms with Gasteiger partial charge in [-0.05, 0) is 36.1 Å². The minimum absolute atomic E-state index is 0.185. The second kappa shape index (κ2) is 7.05. The van der Waals surface area contributed by atoms with Gasteiger partial charge in [0, 0.05) is 37.1 Å². The highest BCUT2D eigenvalue weighted by Crippen LogP contribution is 2.29. The fourth-order valence-corrected chi connectivity index (χ4v) is 4.25. The third-order valence-electron chi connectivity index (χ3n) is 5.80. The van der Waals surface area contributed by atoms with Crippen LogP contribution in [0.15, 0.2) is 22.8 Å². The predicted octanol–water partition coefficient (Wildman–Crippen LogP) is 2.95. The summed E-state index contributed by atoms with van der Waals surface area (Å²) < 4.78 is 11.3. The van der Waals surface area contributed by atoms with E-state index in [0.717, 1.165) is 55.9 Å². The molecule has 26 heavy (non-hydrogen) atoms. The number of carbonyl (C=O) groups excluding carboxylic acids is 1. The van der Waals surface area contributed by atoms with Gasteiger partial charge in [0.1, 0.15) is 5.58 Å². The number of fused-ring (bicyclic) bond motifs is 2. The highest BCUT2D eigenvalue weighted by Gasteiger charge is 2.31. The van der Waals surface area contributed by atoms with Crippen molar-refractivity contribution in [1.29, 1.82) is 0 Å². The van der Waals surface area contributed by atoms with Gasteiger partial charge in [0.05, 0.1) is 31.9 Å². The van der Waals surface area contributed by atoms with E-state index in [1.807, 2.05) is 4.90 Å². The van der Waals surface area contributed by atoms with Crippen LogP contribution < -0.4 is 0 Å². The standard InChI is InChI=1S/C21H28N2O3/c1-14(2)18-10-19-16(12-26-20(19)8-15(18)3)9-21(24)23-5-4-22-6-7-25-13-17(22)11-23/h8,10,12,14,17H,4-7,9,11,13H2,1-3H3/t17-/m1/s1. The zero-order valence-corrected chi connectivity index (χ0v) is 16.0. The predicted molar refractivity (Wildman–Crippen MR) is 102 cm³/mol. The molecule has 2 fully saturated rings. The Kier molecular flexibility index (Phi) is 4.76. The third-order valence-corrected chi connectivity index (χ3v) is 5.80. The molecule has 1 atom stereocenters. The van der Waals surface area contributed by atoms with Gasteiger partial charge in [0.25, 0.3) is 0 Å². The molecule has 2 aliphatic rings. The zero-order valence-electron chi connectivity index (χ0n) is 16.0. The Bertz CT molecular complexity index is 811. The Morgan fingerprint density at radius 2 is 2.12 bits per heavy atom. The maximum Gasteiger partial charge on any atom is 0.227 e. The zero-order chi connectivity index (χ0) is 18.3. The van der Waals surface area contributed by atoms with Crippen molar-refractivity contribution in [2.45, 2.75) is 39.2 Å². The van der Waals surface area contributed by atoms with E-state index in [2.05, 4.69) is 37.8 Å². The maximum absolute atomic E-state index is 12.9. The number of amides is 1. The summed E-state index contributed by atoms with van der Waals surface area (Å²) >= 11 is 0. The molecular formula is C21H28N2O3. The summed E-state index contributed by atoms with van der Waals surface area (Å²) in [5.74, 6) is 0.641. The van der Waals surface area contributed by atoms with Crippen molar-refractivity contribution in [2.75, 3.05) is 39.4 Å². The molecule has 0 saturated carbocycles. The number of ether oxygens (including phenoxy) is 1. The van der Waals surface area contributed by atoms with Crippen molar-refractivity contribution in [3.05, 3.63) is 35.1 Å². The molecular weight excluding hydrogens is 328 g/mol. The Balaban J connectivity index is 1.51. The lowest BCUT2D eigenvalue weighted by Gasteiger charge is -2.43. The number of carbonyl (C=O) groups is 1. The fourth-order valence-electron chi connectivity index (χ4n) is 4.25. The molecule has 5 nitrogen and oxygen atoms in total. The van der Waals surface area contributed by atoms with E-state index >= 15 is 0 Å². The molecule has 3 heterocycles. The number of piperazine rings is 1. The van der Waals surface area contributed by atoms with Crippen LogP contribution in [0, 0.1) is 6.92 Å². The number of benzene rings is 1. The molecule has 0 unspecified atom stereocenters. The van der Waals surface area contributed by atoms with E-state index in [0.29, 0.717) is 18.4 Å². The molecule has 0 radical (unpaired) electrons. The SMILES string of the molecule is Cc1cc2occ(CC(=O)N3CCN4CCOC[C@H]4C3)c2cc1C(C)C. The van der Waals surface area contributed by atoms with E-state index in [-0.39, 0.29) is 5.91 Å². The lowest BCUT2D eigenvalue weighted by Crippen LogP contribution is -2.59. The first-order valence-electron chi connectivity index (χ1n) is 9.63. The van der Waals surface area contributed by atoms with Gasteiger partial charge in [0.15, 0.2) is 0 Å². The van der Waals surface area contributed by atoms with Crippen LogP contribution in [0.2, 0.25) is 0 Å². The smallest absolute Gasteiger partial charge is 0.227 e. The normalized spacial score (nSPS) is 21.4. The van der Waals surface area contributed by atoms with Gasteiger partial charge >= 0.3 is 0 Å². The first kappa shape index (κ1) is 17.6. The quantitative estimate of drug-likeness (QED) is 0.848. The lowest BCUT2D eigenvalue weighted by atomic mass is 9.95. The summed E-state index contributed by atoms with van der Waals surface area (Å²) in [5, 5.41) is 1.08. The van der Waals surface area contributed by atoms with Gasteiger partial charge in [-0.2, -0.15) is 0 Å². The van der Waals surface area contributed by atoms with Gasteiger partial charge in [-0.25, -0.2) is 0 Å². The average Bonchev–Trinajstić information content (AvgIpc) is 3.02. The molecule has 0 spiro atoms. The second-order valence-corrected chi connectivity index (χ2v) is 7.90. The van der Waals surface area contributed by atoms with Crippen LogP contribution >= 0.6 is 0 Å². The molecule has 5 heteroatoms. The third kappa shape index (κ3) is 3.26. The molecule has 0 aliphatic carbocycles. The molecule has 2 saturated heterocycles. The summed E-state index contributed by atoms with van der Waals surface area (Å²) in [6, 6.07) is 4.64. The largest absolute Gasteiger partial charge is 0.464 e. The van der Waals surface area contributed by atoms with Gasteiger partial charge in [-0.15, -0.1) is 0 Å². The molecule has 0 bridgehead atoms. The van der Waals surface area contributed by atoms with Crippen LogP contribution in [-0.2, 0) is 16.0 Å². The van der Waals surface area contributed by atoms with E-state index < -0.39 is 0 Å². The van der Waals surface area contributed by atoms with Gasteiger partial charge in [-0.1, -0.05) is 13.8 Å². The van der Waals surface area contributed by atoms with E-state index in [4.69, 9.17) is 9.15 Å². The molecule has 1 aromatic heterocycles. The number of furan rings is 1. The van der Waals surface area contributed by atoms with Gasteiger partial charge in [0.2, 0.25) is 5.91 Å². The summed E-state index contributed by atoms with van der Waals surface area (Å²) in [6.07, 6.45) is 2.16. The van der Waals surface area contributed by atoms with Crippen molar-refractivity contribution < 1.29 is 13.9 Å². The van der Waals surface area contributed by atoms with Crippen LogP contribution in [0.25, 0.3) is 11.0 Å². The number of nitrogens with zero attached hydrogens (tertiary/aromatic N) is 2. The van der Waals surface area contributed by atoms with Crippen molar-refractivity contribution in [3.8, 4) is 0 Å². The van der Waals surface area contributed by atoms with Crippen molar-refractivity contribution >= 4 is 16.9 Å². The molecule has 0 N–H and O–H groups in total.